The fourth-order valence-corrected chi connectivity index (χ4v) is 2.02. The van der Waals surface area contributed by atoms with Gasteiger partial charge in [0, 0.05) is 31.9 Å². The molecule has 116 valence electrons. The summed E-state index contributed by atoms with van der Waals surface area (Å²) in [5.74, 6) is -0.151. The van der Waals surface area contributed by atoms with E-state index in [2.05, 4.69) is 15.4 Å². The average Bonchev–Trinajstić information content (AvgIpc) is 2.89. The van der Waals surface area contributed by atoms with E-state index in [1.165, 1.54) is 10.9 Å². The number of halogens is 2. The fourth-order valence-electron chi connectivity index (χ4n) is 1.72. The number of carbonyl (C=O) groups excluding carboxylic acids is 1. The Hall–Kier alpha value is -2.05. The van der Waals surface area contributed by atoms with Crippen molar-refractivity contribution < 1.29 is 4.79 Å². The van der Waals surface area contributed by atoms with Crippen molar-refractivity contribution in [1.82, 2.24) is 9.78 Å². The Balaban J connectivity index is 1.86. The lowest BCUT2D eigenvalue weighted by Gasteiger charge is -2.07. The van der Waals surface area contributed by atoms with Crippen LogP contribution < -0.4 is 11.1 Å². The zero-order valence-electron chi connectivity index (χ0n) is 11.9. The zero-order valence-corrected chi connectivity index (χ0v) is 13.4. The molecular weight excluding hydrogens is 325 g/mol. The van der Waals surface area contributed by atoms with Crippen LogP contribution in [0.2, 0.25) is 10.0 Å². The van der Waals surface area contributed by atoms with E-state index in [0.717, 1.165) is 5.69 Å². The van der Waals surface area contributed by atoms with E-state index in [1.54, 1.807) is 25.4 Å². The molecule has 8 heteroatoms. The molecule has 3 N–H and O–H groups in total. The van der Waals surface area contributed by atoms with E-state index < -0.39 is 5.91 Å². The molecule has 0 bridgehead atoms. The number of nitrogens with zero attached hydrogens (tertiary/aromatic N) is 3. The SMILES string of the molecule is Cn1cc(C(=O)N=C(N)CCNc2ccc(Cl)c(Cl)c2)cn1. The normalized spacial score (nSPS) is 11.5. The van der Waals surface area contributed by atoms with Crippen LogP contribution in [0.3, 0.4) is 0 Å². The molecule has 6 nitrogen and oxygen atoms in total. The summed E-state index contributed by atoms with van der Waals surface area (Å²) in [7, 11) is 1.73. The van der Waals surface area contributed by atoms with E-state index in [9.17, 15) is 4.79 Å². The van der Waals surface area contributed by atoms with Crippen molar-refractivity contribution >= 4 is 40.6 Å². The number of benzene rings is 1. The minimum Gasteiger partial charge on any atom is -0.387 e. The third-order valence-corrected chi connectivity index (χ3v) is 3.57. The fraction of sp³-hybridized carbons (Fsp3) is 0.214. The van der Waals surface area contributed by atoms with Crippen LogP contribution in [0, 0.1) is 0 Å². The number of hydrogen-bond donors (Lipinski definition) is 2. The summed E-state index contributed by atoms with van der Waals surface area (Å²) in [5.41, 5.74) is 6.98. The van der Waals surface area contributed by atoms with Crippen LogP contribution in [-0.2, 0) is 7.05 Å². The first-order valence-electron chi connectivity index (χ1n) is 6.50. The lowest BCUT2D eigenvalue weighted by atomic mass is 10.3. The van der Waals surface area contributed by atoms with E-state index in [0.29, 0.717) is 28.6 Å². The zero-order chi connectivity index (χ0) is 16.1. The number of nitrogens with one attached hydrogen (secondary N) is 1. The Labute approximate surface area is 137 Å². The first-order chi connectivity index (χ1) is 10.5. The van der Waals surface area contributed by atoms with E-state index in [4.69, 9.17) is 28.9 Å². The van der Waals surface area contributed by atoms with Crippen LogP contribution in [0.4, 0.5) is 5.69 Å². The monoisotopic (exact) mass is 339 g/mol. The Bertz CT molecular complexity index is 711. The maximum Gasteiger partial charge on any atom is 0.281 e. The van der Waals surface area contributed by atoms with Gasteiger partial charge in [0.25, 0.3) is 5.91 Å². The van der Waals surface area contributed by atoms with Crippen molar-refractivity contribution in [2.24, 2.45) is 17.8 Å². The number of rotatable bonds is 5. The molecule has 0 spiro atoms. The van der Waals surface area contributed by atoms with Gasteiger partial charge in [-0.3, -0.25) is 9.48 Å². The molecular formula is C14H15Cl2N5O. The molecule has 0 aliphatic rings. The largest absolute Gasteiger partial charge is 0.387 e. The van der Waals surface area contributed by atoms with Gasteiger partial charge in [-0.1, -0.05) is 23.2 Å². The number of hydrogen-bond acceptors (Lipinski definition) is 3. The first kappa shape index (κ1) is 16.3. The van der Waals surface area contributed by atoms with Gasteiger partial charge in [0.05, 0.1) is 21.8 Å². The maximum absolute atomic E-state index is 11.8. The summed E-state index contributed by atoms with van der Waals surface area (Å²) in [6.45, 7) is 0.521. The third kappa shape index (κ3) is 4.47. The van der Waals surface area contributed by atoms with Gasteiger partial charge in [-0.15, -0.1) is 0 Å². The number of amidine groups is 1. The van der Waals surface area contributed by atoms with Crippen molar-refractivity contribution in [3.05, 3.63) is 46.2 Å². The quantitative estimate of drug-likeness (QED) is 0.647. The van der Waals surface area contributed by atoms with Crippen LogP contribution in [0.15, 0.2) is 35.6 Å². The highest BCUT2D eigenvalue weighted by atomic mass is 35.5. The second-order valence-electron chi connectivity index (χ2n) is 4.62. The van der Waals surface area contributed by atoms with Crippen LogP contribution in [0.1, 0.15) is 16.8 Å². The third-order valence-electron chi connectivity index (χ3n) is 2.83. The minimum atomic E-state index is -0.403. The number of nitrogens with two attached hydrogens (primary N) is 1. The average molecular weight is 340 g/mol. The number of amides is 1. The highest BCUT2D eigenvalue weighted by Crippen LogP contribution is 2.24. The molecule has 1 aromatic carbocycles. The van der Waals surface area contributed by atoms with E-state index in [-0.39, 0.29) is 5.84 Å². The predicted octanol–water partition coefficient (Wildman–Crippen LogP) is 2.73. The van der Waals surface area contributed by atoms with Crippen LogP contribution in [0.5, 0.6) is 0 Å². The van der Waals surface area contributed by atoms with Gasteiger partial charge in [0.15, 0.2) is 0 Å². The molecule has 0 saturated carbocycles. The molecule has 0 radical (unpaired) electrons. The lowest BCUT2D eigenvalue weighted by molar-refractivity contribution is 0.100. The van der Waals surface area contributed by atoms with Crippen LogP contribution >= 0.6 is 23.2 Å². The molecule has 22 heavy (non-hydrogen) atoms. The van der Waals surface area contributed by atoms with Crippen molar-refractivity contribution in [1.29, 1.82) is 0 Å². The number of carbonyl (C=O) groups is 1. The van der Waals surface area contributed by atoms with Gasteiger partial charge in [0.1, 0.15) is 5.84 Å². The van der Waals surface area contributed by atoms with E-state index in [1.807, 2.05) is 6.07 Å². The minimum absolute atomic E-state index is 0.251. The molecule has 2 rings (SSSR count). The topological polar surface area (TPSA) is 85.3 Å². The molecule has 0 aliphatic heterocycles. The Morgan fingerprint density at radius 1 is 1.41 bits per heavy atom. The molecule has 1 aromatic heterocycles. The van der Waals surface area contributed by atoms with E-state index >= 15 is 0 Å². The number of aromatic nitrogens is 2. The van der Waals surface area contributed by atoms with Gasteiger partial charge in [-0.25, -0.2) is 0 Å². The molecule has 0 unspecified atom stereocenters. The second kappa shape index (κ2) is 7.29. The number of aryl methyl sites for hydroxylation is 1. The highest BCUT2D eigenvalue weighted by Gasteiger charge is 2.07. The van der Waals surface area contributed by atoms with Crippen LogP contribution in [-0.4, -0.2) is 28.1 Å². The molecule has 1 amide bonds. The highest BCUT2D eigenvalue weighted by molar-refractivity contribution is 6.42. The molecule has 1 heterocycles. The summed E-state index contributed by atoms with van der Waals surface area (Å²) in [4.78, 5) is 15.6. The molecule has 0 fully saturated rings. The standard InChI is InChI=1S/C14H15Cl2N5O/c1-21-8-9(7-19-21)14(22)20-13(17)4-5-18-10-2-3-11(15)12(16)6-10/h2-3,6-8,18H,4-5H2,1H3,(H2,17,20,22). The van der Waals surface area contributed by atoms with Gasteiger partial charge in [-0.05, 0) is 18.2 Å². The van der Waals surface area contributed by atoms with Gasteiger partial charge in [0.2, 0.25) is 0 Å². The summed E-state index contributed by atoms with van der Waals surface area (Å²) < 4.78 is 1.53. The number of aliphatic imine (C=N–C) groups is 1. The van der Waals surface area contributed by atoms with Gasteiger partial charge < -0.3 is 11.1 Å². The Morgan fingerprint density at radius 2 is 2.18 bits per heavy atom. The summed E-state index contributed by atoms with van der Waals surface area (Å²) in [6.07, 6.45) is 3.46. The van der Waals surface area contributed by atoms with Crippen molar-refractivity contribution in [2.75, 3.05) is 11.9 Å². The molecule has 0 aliphatic carbocycles. The van der Waals surface area contributed by atoms with Crippen molar-refractivity contribution in [3.63, 3.8) is 0 Å². The summed E-state index contributed by atoms with van der Waals surface area (Å²) in [6, 6.07) is 5.23. The summed E-state index contributed by atoms with van der Waals surface area (Å²) >= 11 is 11.8. The predicted molar refractivity (Wildman–Crippen MR) is 88.7 cm³/mol. The van der Waals surface area contributed by atoms with Crippen molar-refractivity contribution in [3.8, 4) is 0 Å². The molecule has 0 saturated heterocycles. The van der Waals surface area contributed by atoms with Gasteiger partial charge in [-0.2, -0.15) is 10.1 Å². The smallest absolute Gasteiger partial charge is 0.281 e. The molecule has 0 atom stereocenters. The maximum atomic E-state index is 11.8. The lowest BCUT2D eigenvalue weighted by Crippen LogP contribution is -2.18. The molecule has 2 aromatic rings. The summed E-state index contributed by atoms with van der Waals surface area (Å²) in [5, 5.41) is 8.01. The van der Waals surface area contributed by atoms with Gasteiger partial charge >= 0.3 is 0 Å². The first-order valence-corrected chi connectivity index (χ1v) is 7.26. The second-order valence-corrected chi connectivity index (χ2v) is 5.43. The number of anilines is 1. The Kier molecular flexibility index (Phi) is 5.41. The Morgan fingerprint density at radius 3 is 2.82 bits per heavy atom. The van der Waals surface area contributed by atoms with Crippen LogP contribution in [0.25, 0.3) is 0 Å². The van der Waals surface area contributed by atoms with Crippen molar-refractivity contribution in [2.45, 2.75) is 6.42 Å².